The van der Waals surface area contributed by atoms with Crippen molar-refractivity contribution < 1.29 is 14.3 Å². The Bertz CT molecular complexity index is 616. The second kappa shape index (κ2) is 7.24. The largest absolute Gasteiger partial charge is 0.497 e. The van der Waals surface area contributed by atoms with Gasteiger partial charge in [0, 0.05) is 17.6 Å². The Morgan fingerprint density at radius 3 is 2.48 bits per heavy atom. The average molecular weight is 350 g/mol. The molecule has 0 spiro atoms. The lowest BCUT2D eigenvalue weighted by Gasteiger charge is -2.16. The van der Waals surface area contributed by atoms with Crippen LogP contribution in [0.4, 0.5) is 5.69 Å². The van der Waals surface area contributed by atoms with Gasteiger partial charge in [0.05, 0.1) is 12.8 Å². The zero-order valence-corrected chi connectivity index (χ0v) is 13.4. The maximum atomic E-state index is 12.4. The number of methoxy groups -OCH3 is 2. The first-order valence-corrected chi connectivity index (χ1v) is 7.17. The number of rotatable bonds is 5. The SMILES string of the molecule is COc1ccc(Br)c(NC(=O)C(OC)c2ccccc2)c1. The fourth-order valence-electron chi connectivity index (χ4n) is 1.95. The van der Waals surface area contributed by atoms with E-state index in [9.17, 15) is 4.79 Å². The monoisotopic (exact) mass is 349 g/mol. The van der Waals surface area contributed by atoms with Crippen molar-refractivity contribution in [2.75, 3.05) is 19.5 Å². The summed E-state index contributed by atoms with van der Waals surface area (Å²) in [5.41, 5.74) is 1.44. The highest BCUT2D eigenvalue weighted by Crippen LogP contribution is 2.28. The number of carbonyl (C=O) groups excluding carboxylic acids is 1. The van der Waals surface area contributed by atoms with Gasteiger partial charge in [-0.3, -0.25) is 4.79 Å². The van der Waals surface area contributed by atoms with Crippen molar-refractivity contribution in [2.45, 2.75) is 6.10 Å². The van der Waals surface area contributed by atoms with Gasteiger partial charge in [-0.1, -0.05) is 30.3 Å². The minimum Gasteiger partial charge on any atom is -0.497 e. The van der Waals surface area contributed by atoms with Crippen LogP contribution in [-0.4, -0.2) is 20.1 Å². The molecule has 2 aromatic carbocycles. The van der Waals surface area contributed by atoms with Gasteiger partial charge in [-0.2, -0.15) is 0 Å². The standard InChI is InChI=1S/C16H16BrNO3/c1-20-12-8-9-13(17)14(10-12)18-16(19)15(21-2)11-6-4-3-5-7-11/h3-10,15H,1-2H3,(H,18,19). The highest BCUT2D eigenvalue weighted by atomic mass is 79.9. The summed E-state index contributed by atoms with van der Waals surface area (Å²) in [7, 11) is 3.09. The number of nitrogens with one attached hydrogen (secondary N) is 1. The van der Waals surface area contributed by atoms with Crippen LogP contribution in [0, 0.1) is 0 Å². The first-order chi connectivity index (χ1) is 10.2. The number of hydrogen-bond donors (Lipinski definition) is 1. The first-order valence-electron chi connectivity index (χ1n) is 6.38. The predicted molar refractivity (Wildman–Crippen MR) is 85.5 cm³/mol. The molecule has 0 radical (unpaired) electrons. The van der Waals surface area contributed by atoms with E-state index in [2.05, 4.69) is 21.2 Å². The lowest BCUT2D eigenvalue weighted by molar-refractivity contribution is -0.126. The van der Waals surface area contributed by atoms with E-state index >= 15 is 0 Å². The Morgan fingerprint density at radius 2 is 1.86 bits per heavy atom. The first kappa shape index (κ1) is 15.5. The molecule has 1 amide bonds. The summed E-state index contributed by atoms with van der Waals surface area (Å²) in [5, 5.41) is 2.84. The molecule has 0 aliphatic heterocycles. The van der Waals surface area contributed by atoms with Crippen LogP contribution in [0.25, 0.3) is 0 Å². The summed E-state index contributed by atoms with van der Waals surface area (Å²) in [5.74, 6) is 0.430. The van der Waals surface area contributed by atoms with Gasteiger partial charge in [0.15, 0.2) is 6.10 Å². The second-order valence-corrected chi connectivity index (χ2v) is 5.22. The molecule has 0 saturated heterocycles. The molecule has 21 heavy (non-hydrogen) atoms. The molecule has 1 atom stereocenters. The van der Waals surface area contributed by atoms with Gasteiger partial charge in [0.1, 0.15) is 5.75 Å². The lowest BCUT2D eigenvalue weighted by Crippen LogP contribution is -2.22. The minimum atomic E-state index is -0.663. The van der Waals surface area contributed by atoms with Gasteiger partial charge < -0.3 is 14.8 Å². The summed E-state index contributed by atoms with van der Waals surface area (Å²) in [6.45, 7) is 0. The molecule has 1 N–H and O–H groups in total. The number of anilines is 1. The van der Waals surface area contributed by atoms with Crippen LogP contribution in [-0.2, 0) is 9.53 Å². The summed E-state index contributed by atoms with van der Waals surface area (Å²) in [6.07, 6.45) is -0.663. The Morgan fingerprint density at radius 1 is 1.14 bits per heavy atom. The molecule has 0 aliphatic carbocycles. The third-order valence-electron chi connectivity index (χ3n) is 3.01. The van der Waals surface area contributed by atoms with Gasteiger partial charge in [0.2, 0.25) is 0 Å². The number of carbonyl (C=O) groups is 1. The summed E-state index contributed by atoms with van der Waals surface area (Å²) >= 11 is 3.40. The second-order valence-electron chi connectivity index (χ2n) is 4.36. The molecule has 0 aliphatic rings. The van der Waals surface area contributed by atoms with Crippen molar-refractivity contribution in [2.24, 2.45) is 0 Å². The summed E-state index contributed by atoms with van der Waals surface area (Å²) < 4.78 is 11.2. The number of hydrogen-bond acceptors (Lipinski definition) is 3. The highest BCUT2D eigenvalue weighted by molar-refractivity contribution is 9.10. The fourth-order valence-corrected chi connectivity index (χ4v) is 2.29. The molecule has 4 nitrogen and oxygen atoms in total. The number of benzene rings is 2. The molecule has 1 unspecified atom stereocenters. The third-order valence-corrected chi connectivity index (χ3v) is 3.70. The van der Waals surface area contributed by atoms with Crippen LogP contribution in [0.1, 0.15) is 11.7 Å². The number of ether oxygens (including phenoxy) is 2. The van der Waals surface area contributed by atoms with Crippen LogP contribution < -0.4 is 10.1 Å². The summed E-state index contributed by atoms with van der Waals surface area (Å²) in [6, 6.07) is 14.7. The average Bonchev–Trinajstić information content (AvgIpc) is 2.51. The van der Waals surface area contributed by atoms with Crippen LogP contribution in [0.5, 0.6) is 5.75 Å². The van der Waals surface area contributed by atoms with E-state index in [1.165, 1.54) is 7.11 Å². The molecule has 0 aromatic heterocycles. The van der Waals surface area contributed by atoms with E-state index < -0.39 is 6.10 Å². The molecule has 2 rings (SSSR count). The molecule has 2 aromatic rings. The molecule has 0 heterocycles. The van der Waals surface area contributed by atoms with Crippen molar-refractivity contribution in [3.05, 3.63) is 58.6 Å². The molecular weight excluding hydrogens is 334 g/mol. The van der Waals surface area contributed by atoms with Gasteiger partial charge in [-0.25, -0.2) is 0 Å². The van der Waals surface area contributed by atoms with Crippen molar-refractivity contribution in [3.63, 3.8) is 0 Å². The van der Waals surface area contributed by atoms with E-state index in [1.807, 2.05) is 42.5 Å². The Balaban J connectivity index is 2.20. The van der Waals surface area contributed by atoms with Gasteiger partial charge in [0.25, 0.3) is 5.91 Å². The smallest absolute Gasteiger partial charge is 0.258 e. The van der Waals surface area contributed by atoms with E-state index in [-0.39, 0.29) is 5.91 Å². The predicted octanol–water partition coefficient (Wildman–Crippen LogP) is 3.78. The van der Waals surface area contributed by atoms with Gasteiger partial charge >= 0.3 is 0 Å². The maximum Gasteiger partial charge on any atom is 0.258 e. The molecule has 0 saturated carbocycles. The maximum absolute atomic E-state index is 12.4. The highest BCUT2D eigenvalue weighted by Gasteiger charge is 2.20. The Kier molecular flexibility index (Phi) is 5.36. The third kappa shape index (κ3) is 3.83. The van der Waals surface area contributed by atoms with E-state index in [4.69, 9.17) is 9.47 Å². The summed E-state index contributed by atoms with van der Waals surface area (Å²) in [4.78, 5) is 12.4. The molecule has 0 fully saturated rings. The van der Waals surface area contributed by atoms with E-state index in [0.717, 1.165) is 10.0 Å². The topological polar surface area (TPSA) is 47.6 Å². The normalized spacial score (nSPS) is 11.8. The lowest BCUT2D eigenvalue weighted by atomic mass is 10.1. The number of halogens is 1. The quantitative estimate of drug-likeness (QED) is 0.893. The Labute approximate surface area is 132 Å². The van der Waals surface area contributed by atoms with Crippen LogP contribution in [0.15, 0.2) is 53.0 Å². The van der Waals surface area contributed by atoms with Crippen LogP contribution >= 0.6 is 15.9 Å². The molecular formula is C16H16BrNO3. The molecule has 5 heteroatoms. The van der Waals surface area contributed by atoms with Crippen molar-refractivity contribution in [1.29, 1.82) is 0 Å². The molecule has 0 bridgehead atoms. The minimum absolute atomic E-state index is 0.238. The van der Waals surface area contributed by atoms with E-state index in [1.54, 1.807) is 13.2 Å². The van der Waals surface area contributed by atoms with E-state index in [0.29, 0.717) is 11.4 Å². The van der Waals surface area contributed by atoms with Crippen molar-refractivity contribution in [1.82, 2.24) is 0 Å². The van der Waals surface area contributed by atoms with Gasteiger partial charge in [-0.05, 0) is 33.6 Å². The zero-order valence-electron chi connectivity index (χ0n) is 11.8. The van der Waals surface area contributed by atoms with Crippen LogP contribution in [0.3, 0.4) is 0 Å². The van der Waals surface area contributed by atoms with Gasteiger partial charge in [-0.15, -0.1) is 0 Å². The van der Waals surface area contributed by atoms with Crippen LogP contribution in [0.2, 0.25) is 0 Å². The fraction of sp³-hybridized carbons (Fsp3) is 0.188. The zero-order chi connectivity index (χ0) is 15.2. The van der Waals surface area contributed by atoms with Crippen molar-refractivity contribution >= 4 is 27.5 Å². The Hall–Kier alpha value is -1.85. The number of amides is 1. The van der Waals surface area contributed by atoms with Crippen molar-refractivity contribution in [3.8, 4) is 5.75 Å². The molecule has 110 valence electrons.